The normalized spacial score (nSPS) is 30.9. The molecule has 3 fully saturated rings. The van der Waals surface area contributed by atoms with E-state index in [0.29, 0.717) is 0 Å². The molecule has 3 aliphatic rings. The zero-order chi connectivity index (χ0) is 23.1. The molecule has 33 heavy (non-hydrogen) atoms. The fourth-order valence-electron chi connectivity index (χ4n) is 6.28. The minimum Gasteiger partial charge on any atom is -0.497 e. The van der Waals surface area contributed by atoms with Crippen LogP contribution in [0.25, 0.3) is 0 Å². The van der Waals surface area contributed by atoms with Crippen LogP contribution in [0.1, 0.15) is 49.7 Å². The van der Waals surface area contributed by atoms with Crippen LogP contribution in [0, 0.1) is 5.92 Å². The maximum absolute atomic E-state index is 11.5. The van der Waals surface area contributed by atoms with E-state index in [-0.39, 0.29) is 11.1 Å². The van der Waals surface area contributed by atoms with E-state index in [1.165, 1.54) is 24.0 Å². The molecule has 1 spiro atoms. The average molecular weight is 450 g/mol. The van der Waals surface area contributed by atoms with Crippen molar-refractivity contribution in [3.8, 4) is 5.75 Å². The van der Waals surface area contributed by atoms with Crippen molar-refractivity contribution < 1.29 is 9.84 Å². The summed E-state index contributed by atoms with van der Waals surface area (Å²) in [5.41, 5.74) is 2.78. The van der Waals surface area contributed by atoms with Gasteiger partial charge in [-0.05, 0) is 81.8 Å². The lowest BCUT2D eigenvalue weighted by Crippen LogP contribution is -2.56. The molecule has 2 aromatic carbocycles. The molecular weight excluding hydrogens is 410 g/mol. The SMILES string of the molecule is COc1ccc(CN2C[C@]3(CC[C@](c4ccccc4)(N(C)C)CC3)N(CC3CC3)C2O)cc1. The molecule has 5 rings (SSSR count). The maximum Gasteiger partial charge on any atom is 0.166 e. The van der Waals surface area contributed by atoms with Crippen molar-refractivity contribution in [1.82, 2.24) is 14.7 Å². The van der Waals surface area contributed by atoms with E-state index in [4.69, 9.17) is 4.74 Å². The molecular formula is C28H39N3O2. The topological polar surface area (TPSA) is 39.2 Å². The van der Waals surface area contributed by atoms with Gasteiger partial charge in [0.15, 0.2) is 6.35 Å². The fourth-order valence-corrected chi connectivity index (χ4v) is 6.28. The van der Waals surface area contributed by atoms with E-state index < -0.39 is 6.35 Å². The second kappa shape index (κ2) is 9.03. The Bertz CT molecular complexity index is 918. The molecule has 178 valence electrons. The fraction of sp³-hybridized carbons (Fsp3) is 0.571. The van der Waals surface area contributed by atoms with Crippen LogP contribution in [0.2, 0.25) is 0 Å². The van der Waals surface area contributed by atoms with Gasteiger partial charge in [-0.2, -0.15) is 0 Å². The third-order valence-electron chi connectivity index (χ3n) is 8.58. The van der Waals surface area contributed by atoms with Gasteiger partial charge in [0, 0.05) is 30.7 Å². The first-order chi connectivity index (χ1) is 16.0. The third-order valence-corrected chi connectivity index (χ3v) is 8.58. The predicted molar refractivity (Wildman–Crippen MR) is 132 cm³/mol. The van der Waals surface area contributed by atoms with Gasteiger partial charge in [0.25, 0.3) is 0 Å². The van der Waals surface area contributed by atoms with Gasteiger partial charge in [-0.25, -0.2) is 0 Å². The van der Waals surface area contributed by atoms with Crippen molar-refractivity contribution in [2.24, 2.45) is 5.92 Å². The summed E-state index contributed by atoms with van der Waals surface area (Å²) < 4.78 is 5.32. The lowest BCUT2D eigenvalue weighted by Gasteiger charge is -2.51. The van der Waals surface area contributed by atoms with E-state index in [9.17, 15) is 5.11 Å². The maximum atomic E-state index is 11.5. The van der Waals surface area contributed by atoms with E-state index in [1.807, 2.05) is 12.1 Å². The molecule has 1 heterocycles. The van der Waals surface area contributed by atoms with Gasteiger partial charge in [0.05, 0.1) is 7.11 Å². The number of ether oxygens (including phenoxy) is 1. The second-order valence-electron chi connectivity index (χ2n) is 10.7. The van der Waals surface area contributed by atoms with Crippen molar-refractivity contribution in [3.05, 3.63) is 65.7 Å². The molecule has 1 atom stereocenters. The zero-order valence-corrected chi connectivity index (χ0v) is 20.4. The number of hydrogen-bond acceptors (Lipinski definition) is 5. The summed E-state index contributed by atoms with van der Waals surface area (Å²) in [4.78, 5) is 7.19. The Morgan fingerprint density at radius 2 is 1.64 bits per heavy atom. The molecule has 5 heteroatoms. The molecule has 1 saturated heterocycles. The molecule has 0 radical (unpaired) electrons. The smallest absolute Gasteiger partial charge is 0.166 e. The van der Waals surface area contributed by atoms with Crippen molar-refractivity contribution in [2.45, 2.75) is 62.5 Å². The van der Waals surface area contributed by atoms with Gasteiger partial charge in [-0.3, -0.25) is 14.7 Å². The lowest BCUT2D eigenvalue weighted by atomic mass is 9.68. The third kappa shape index (κ3) is 4.32. The van der Waals surface area contributed by atoms with Gasteiger partial charge >= 0.3 is 0 Å². The van der Waals surface area contributed by atoms with Crippen LogP contribution >= 0.6 is 0 Å². The highest BCUT2D eigenvalue weighted by molar-refractivity contribution is 5.28. The summed E-state index contributed by atoms with van der Waals surface area (Å²) in [5, 5.41) is 11.5. The first kappa shape index (κ1) is 22.9. The second-order valence-corrected chi connectivity index (χ2v) is 10.7. The number of nitrogens with zero attached hydrogens (tertiary/aromatic N) is 3. The van der Waals surface area contributed by atoms with E-state index in [0.717, 1.165) is 57.0 Å². The molecule has 0 amide bonds. The molecule has 1 unspecified atom stereocenters. The lowest BCUT2D eigenvalue weighted by molar-refractivity contribution is -0.0956. The zero-order valence-electron chi connectivity index (χ0n) is 20.4. The standard InChI is InChI=1S/C28H39N3O2/c1-29(2)28(24-7-5-4-6-8-24)17-15-27(16-18-28)21-30(26(32)31(27)20-23-9-10-23)19-22-11-13-25(33-3)14-12-22/h4-8,11-14,23,26,32H,9-10,15-21H2,1-3H3/t26?,27-,28+. The Labute approximate surface area is 198 Å². The number of aliphatic hydroxyl groups excluding tert-OH is 1. The van der Waals surface area contributed by atoms with Crippen molar-refractivity contribution in [3.63, 3.8) is 0 Å². The van der Waals surface area contributed by atoms with Gasteiger partial charge in [-0.1, -0.05) is 42.5 Å². The highest BCUT2D eigenvalue weighted by Crippen LogP contribution is 2.50. The van der Waals surface area contributed by atoms with Crippen molar-refractivity contribution in [2.75, 3.05) is 34.3 Å². The van der Waals surface area contributed by atoms with Crippen LogP contribution in [-0.2, 0) is 12.1 Å². The minimum atomic E-state index is -0.503. The molecule has 1 N–H and O–H groups in total. The van der Waals surface area contributed by atoms with Crippen LogP contribution in [0.3, 0.4) is 0 Å². The molecule has 2 aromatic rings. The molecule has 2 aliphatic carbocycles. The highest BCUT2D eigenvalue weighted by Gasteiger charge is 2.55. The Morgan fingerprint density at radius 3 is 2.21 bits per heavy atom. The minimum absolute atomic E-state index is 0.0583. The summed E-state index contributed by atoms with van der Waals surface area (Å²) in [6.07, 6.45) is 6.58. The van der Waals surface area contributed by atoms with Gasteiger partial charge in [0.2, 0.25) is 0 Å². The summed E-state index contributed by atoms with van der Waals surface area (Å²) in [7, 11) is 6.16. The molecule has 0 bridgehead atoms. The van der Waals surface area contributed by atoms with Crippen LogP contribution < -0.4 is 4.74 Å². The van der Waals surface area contributed by atoms with Crippen LogP contribution in [0.15, 0.2) is 54.6 Å². The predicted octanol–water partition coefficient (Wildman–Crippen LogP) is 4.27. The number of methoxy groups -OCH3 is 1. The summed E-state index contributed by atoms with van der Waals surface area (Å²) in [6, 6.07) is 19.3. The number of aliphatic hydroxyl groups is 1. The van der Waals surface area contributed by atoms with E-state index >= 15 is 0 Å². The first-order valence-electron chi connectivity index (χ1n) is 12.5. The molecule has 5 nitrogen and oxygen atoms in total. The number of rotatable bonds is 7. The van der Waals surface area contributed by atoms with Crippen molar-refractivity contribution in [1.29, 1.82) is 0 Å². The van der Waals surface area contributed by atoms with E-state index in [1.54, 1.807) is 7.11 Å². The largest absolute Gasteiger partial charge is 0.497 e. The summed E-state index contributed by atoms with van der Waals surface area (Å²) in [5.74, 6) is 1.63. The Kier molecular flexibility index (Phi) is 6.25. The van der Waals surface area contributed by atoms with Crippen molar-refractivity contribution >= 4 is 0 Å². The Balaban J connectivity index is 1.37. The molecule has 2 saturated carbocycles. The summed E-state index contributed by atoms with van der Waals surface area (Å²) >= 11 is 0. The van der Waals surface area contributed by atoms with Crippen LogP contribution in [0.4, 0.5) is 0 Å². The average Bonchev–Trinajstić information content (AvgIpc) is 3.63. The molecule has 0 aromatic heterocycles. The number of hydrogen-bond donors (Lipinski definition) is 1. The number of benzene rings is 2. The van der Waals surface area contributed by atoms with Gasteiger partial charge < -0.3 is 9.84 Å². The highest BCUT2D eigenvalue weighted by atomic mass is 16.5. The summed E-state index contributed by atoms with van der Waals surface area (Å²) in [6.45, 7) is 2.73. The Morgan fingerprint density at radius 1 is 0.970 bits per heavy atom. The van der Waals surface area contributed by atoms with Gasteiger partial charge in [0.1, 0.15) is 5.75 Å². The first-order valence-corrected chi connectivity index (χ1v) is 12.5. The monoisotopic (exact) mass is 449 g/mol. The van der Waals surface area contributed by atoms with Crippen LogP contribution in [0.5, 0.6) is 5.75 Å². The quantitative estimate of drug-likeness (QED) is 0.684. The Hall–Kier alpha value is -1.92. The molecule has 1 aliphatic heterocycles. The van der Waals surface area contributed by atoms with Crippen LogP contribution in [-0.4, -0.2) is 66.0 Å². The van der Waals surface area contributed by atoms with Gasteiger partial charge in [-0.15, -0.1) is 0 Å². The van der Waals surface area contributed by atoms with E-state index in [2.05, 4.69) is 71.3 Å².